The van der Waals surface area contributed by atoms with Gasteiger partial charge in [0.15, 0.2) is 0 Å². The van der Waals surface area contributed by atoms with Gasteiger partial charge in [0, 0.05) is 13.1 Å². The number of hydrogen-bond donors (Lipinski definition) is 1. The number of aromatic nitrogens is 3. The van der Waals surface area contributed by atoms with Gasteiger partial charge in [-0.25, -0.2) is 0 Å². The third kappa shape index (κ3) is 1.68. The molecule has 1 saturated heterocycles. The van der Waals surface area contributed by atoms with Crippen LogP contribution in [-0.2, 0) is 11.3 Å². The average molecular weight is 250 g/mol. The van der Waals surface area contributed by atoms with Gasteiger partial charge in [-0.15, -0.1) is 10.2 Å². The molecule has 1 fully saturated rings. The van der Waals surface area contributed by atoms with Crippen molar-refractivity contribution in [1.29, 1.82) is 0 Å². The minimum absolute atomic E-state index is 0.230. The van der Waals surface area contributed by atoms with Crippen LogP contribution < -0.4 is 5.32 Å². The average Bonchev–Trinajstić information content (AvgIpc) is 2.84. The zero-order valence-corrected chi connectivity index (χ0v) is 11.6. The van der Waals surface area contributed by atoms with E-state index in [4.69, 9.17) is 4.74 Å². The quantitative estimate of drug-likeness (QED) is 0.820. The van der Waals surface area contributed by atoms with Gasteiger partial charge >= 0.3 is 0 Å². The van der Waals surface area contributed by atoms with Crippen LogP contribution in [0.5, 0.6) is 0 Å². The Kier molecular flexibility index (Phi) is 2.90. The molecule has 0 amide bonds. The maximum atomic E-state index is 5.93. The van der Waals surface area contributed by atoms with Crippen molar-refractivity contribution in [3.63, 3.8) is 0 Å². The summed E-state index contributed by atoms with van der Waals surface area (Å²) in [5.74, 6) is 3.04. The Bertz CT molecular complexity index is 444. The first-order chi connectivity index (χ1) is 8.59. The summed E-state index contributed by atoms with van der Waals surface area (Å²) >= 11 is 0. The van der Waals surface area contributed by atoms with E-state index in [-0.39, 0.29) is 6.10 Å². The van der Waals surface area contributed by atoms with E-state index in [9.17, 15) is 0 Å². The number of rotatable bonds is 1. The van der Waals surface area contributed by atoms with Gasteiger partial charge in [0.25, 0.3) is 0 Å². The predicted molar refractivity (Wildman–Crippen MR) is 68.4 cm³/mol. The number of fused-ring (bicyclic) bond motifs is 1. The van der Waals surface area contributed by atoms with Crippen molar-refractivity contribution >= 4 is 0 Å². The molecule has 0 saturated carbocycles. The molecule has 0 radical (unpaired) electrons. The normalized spacial score (nSPS) is 39.9. The molecule has 5 unspecified atom stereocenters. The Morgan fingerprint density at radius 3 is 2.50 bits per heavy atom. The third-order valence-corrected chi connectivity index (χ3v) is 4.52. The molecule has 0 aliphatic carbocycles. The van der Waals surface area contributed by atoms with E-state index in [1.165, 1.54) is 0 Å². The summed E-state index contributed by atoms with van der Waals surface area (Å²) in [6.45, 7) is 10.7. The Morgan fingerprint density at radius 2 is 1.83 bits per heavy atom. The summed E-state index contributed by atoms with van der Waals surface area (Å²) in [7, 11) is 0. The van der Waals surface area contributed by atoms with Crippen molar-refractivity contribution in [2.45, 2.75) is 58.4 Å². The highest BCUT2D eigenvalue weighted by molar-refractivity contribution is 5.12. The standard InChI is InChI=1S/C13H22N4O/c1-7-9(3)18-10(4)11(7)13-16-15-12-8(2)14-5-6-17(12)13/h7-11,14H,5-6H2,1-4H3. The van der Waals surface area contributed by atoms with Gasteiger partial charge in [0.2, 0.25) is 0 Å². The molecule has 0 spiro atoms. The van der Waals surface area contributed by atoms with Gasteiger partial charge < -0.3 is 14.6 Å². The summed E-state index contributed by atoms with van der Waals surface area (Å²) in [4.78, 5) is 0. The molecule has 0 bridgehead atoms. The van der Waals surface area contributed by atoms with Gasteiger partial charge in [-0.3, -0.25) is 0 Å². The molecule has 3 rings (SSSR count). The molecule has 2 aliphatic heterocycles. The second-order valence-corrected chi connectivity index (χ2v) is 5.68. The van der Waals surface area contributed by atoms with Crippen molar-refractivity contribution < 1.29 is 4.74 Å². The molecule has 2 aliphatic rings. The highest BCUT2D eigenvalue weighted by Gasteiger charge is 2.41. The summed E-state index contributed by atoms with van der Waals surface area (Å²) in [6.07, 6.45) is 0.533. The van der Waals surface area contributed by atoms with E-state index in [0.29, 0.717) is 24.0 Å². The Hall–Kier alpha value is -0.940. The fourth-order valence-corrected chi connectivity index (χ4v) is 3.32. The fraction of sp³-hybridized carbons (Fsp3) is 0.846. The Balaban J connectivity index is 1.98. The fourth-order valence-electron chi connectivity index (χ4n) is 3.32. The highest BCUT2D eigenvalue weighted by Crippen LogP contribution is 2.39. The lowest BCUT2D eigenvalue weighted by atomic mass is 9.88. The third-order valence-electron chi connectivity index (χ3n) is 4.52. The summed E-state index contributed by atoms with van der Waals surface area (Å²) in [5, 5.41) is 12.2. The molecule has 5 nitrogen and oxygen atoms in total. The SMILES string of the molecule is CC1NCCn2c1nnc2C1C(C)OC(C)C1C. The zero-order valence-electron chi connectivity index (χ0n) is 11.6. The minimum atomic E-state index is 0.230. The summed E-state index contributed by atoms with van der Waals surface area (Å²) < 4.78 is 8.22. The molecular formula is C13H22N4O. The topological polar surface area (TPSA) is 52.0 Å². The van der Waals surface area contributed by atoms with Crippen molar-refractivity contribution in [2.24, 2.45) is 5.92 Å². The number of nitrogens with one attached hydrogen (secondary N) is 1. The Morgan fingerprint density at radius 1 is 1.11 bits per heavy atom. The van der Waals surface area contributed by atoms with Crippen molar-refractivity contribution in [3.05, 3.63) is 11.6 Å². The highest BCUT2D eigenvalue weighted by atomic mass is 16.5. The summed E-state index contributed by atoms with van der Waals surface area (Å²) in [6, 6.07) is 0.297. The predicted octanol–water partition coefficient (Wildman–Crippen LogP) is 1.47. The van der Waals surface area contributed by atoms with Gasteiger partial charge in [-0.1, -0.05) is 6.92 Å². The smallest absolute Gasteiger partial charge is 0.149 e. The van der Waals surface area contributed by atoms with Crippen molar-refractivity contribution in [3.8, 4) is 0 Å². The van der Waals surface area contributed by atoms with Crippen molar-refractivity contribution in [2.75, 3.05) is 6.54 Å². The molecule has 100 valence electrons. The van der Waals surface area contributed by atoms with Crippen LogP contribution in [0.4, 0.5) is 0 Å². The summed E-state index contributed by atoms with van der Waals surface area (Å²) in [5.41, 5.74) is 0. The van der Waals surface area contributed by atoms with Gasteiger partial charge in [0.05, 0.1) is 24.2 Å². The molecule has 5 heteroatoms. The monoisotopic (exact) mass is 250 g/mol. The van der Waals surface area contributed by atoms with Crippen LogP contribution in [-0.4, -0.2) is 33.5 Å². The first-order valence-electron chi connectivity index (χ1n) is 6.91. The first kappa shape index (κ1) is 12.1. The van der Waals surface area contributed by atoms with Gasteiger partial charge in [0.1, 0.15) is 11.6 Å². The molecular weight excluding hydrogens is 228 g/mol. The van der Waals surface area contributed by atoms with Crippen LogP contribution >= 0.6 is 0 Å². The van der Waals surface area contributed by atoms with E-state index in [0.717, 1.165) is 24.7 Å². The molecule has 1 N–H and O–H groups in total. The lowest BCUT2D eigenvalue weighted by molar-refractivity contribution is 0.0551. The maximum Gasteiger partial charge on any atom is 0.149 e. The van der Waals surface area contributed by atoms with E-state index in [2.05, 4.69) is 47.8 Å². The van der Waals surface area contributed by atoms with Crippen LogP contribution in [0.25, 0.3) is 0 Å². The molecule has 18 heavy (non-hydrogen) atoms. The molecule has 0 aromatic carbocycles. The van der Waals surface area contributed by atoms with Crippen LogP contribution in [0.3, 0.4) is 0 Å². The van der Waals surface area contributed by atoms with E-state index < -0.39 is 0 Å². The first-order valence-corrected chi connectivity index (χ1v) is 6.91. The van der Waals surface area contributed by atoms with Crippen molar-refractivity contribution in [1.82, 2.24) is 20.1 Å². The van der Waals surface area contributed by atoms with Crippen LogP contribution in [0.2, 0.25) is 0 Å². The number of ether oxygens (including phenoxy) is 1. The van der Waals surface area contributed by atoms with Crippen LogP contribution in [0.15, 0.2) is 0 Å². The van der Waals surface area contributed by atoms with E-state index in [1.54, 1.807) is 0 Å². The zero-order chi connectivity index (χ0) is 12.9. The lowest BCUT2D eigenvalue weighted by Crippen LogP contribution is -2.33. The van der Waals surface area contributed by atoms with E-state index in [1.807, 2.05) is 0 Å². The number of hydrogen-bond acceptors (Lipinski definition) is 4. The maximum absolute atomic E-state index is 5.93. The Labute approximate surface area is 108 Å². The molecule has 1 aromatic heterocycles. The van der Waals surface area contributed by atoms with Gasteiger partial charge in [-0.05, 0) is 26.7 Å². The largest absolute Gasteiger partial charge is 0.374 e. The molecule has 1 aromatic rings. The number of nitrogens with zero attached hydrogens (tertiary/aromatic N) is 3. The lowest BCUT2D eigenvalue weighted by Gasteiger charge is -2.25. The van der Waals surface area contributed by atoms with E-state index >= 15 is 0 Å². The molecule has 3 heterocycles. The minimum Gasteiger partial charge on any atom is -0.374 e. The van der Waals surface area contributed by atoms with Crippen LogP contribution in [0, 0.1) is 5.92 Å². The second kappa shape index (κ2) is 4.31. The van der Waals surface area contributed by atoms with Gasteiger partial charge in [-0.2, -0.15) is 0 Å². The molecule has 5 atom stereocenters. The second-order valence-electron chi connectivity index (χ2n) is 5.68. The van der Waals surface area contributed by atoms with Crippen LogP contribution in [0.1, 0.15) is 51.3 Å².